The molecule has 0 spiro atoms. The highest BCUT2D eigenvalue weighted by atomic mass is 79.9. The standard InChI is InChI=1S/C14H20BrF2N/c1-4-7-18-12(8-9(2)3)13-11(16)6-5-10(15)14(13)17/h5-6,9,12,18H,4,7-8H2,1-3H3. The Labute approximate surface area is 116 Å². The van der Waals surface area contributed by atoms with E-state index in [0.29, 0.717) is 16.8 Å². The number of hydrogen-bond donors (Lipinski definition) is 1. The van der Waals surface area contributed by atoms with Crippen LogP contribution in [0, 0.1) is 17.6 Å². The predicted octanol–water partition coefficient (Wildman–Crippen LogP) is 4.81. The molecule has 0 bridgehead atoms. The Morgan fingerprint density at radius 1 is 1.28 bits per heavy atom. The highest BCUT2D eigenvalue weighted by Crippen LogP contribution is 2.30. The SMILES string of the molecule is CCCNC(CC(C)C)c1c(F)ccc(Br)c1F. The second-order valence-electron chi connectivity index (χ2n) is 4.89. The second-order valence-corrected chi connectivity index (χ2v) is 5.75. The van der Waals surface area contributed by atoms with Gasteiger partial charge in [0.2, 0.25) is 0 Å². The summed E-state index contributed by atoms with van der Waals surface area (Å²) in [5.41, 5.74) is 0.145. The molecular formula is C14H20BrF2N. The lowest BCUT2D eigenvalue weighted by molar-refractivity contribution is 0.399. The average molecular weight is 320 g/mol. The van der Waals surface area contributed by atoms with E-state index in [1.165, 1.54) is 12.1 Å². The normalized spacial score (nSPS) is 13.1. The van der Waals surface area contributed by atoms with Gasteiger partial charge >= 0.3 is 0 Å². The Kier molecular flexibility index (Phi) is 6.22. The molecule has 0 aromatic heterocycles. The molecule has 18 heavy (non-hydrogen) atoms. The van der Waals surface area contributed by atoms with E-state index in [-0.39, 0.29) is 11.6 Å². The van der Waals surface area contributed by atoms with Gasteiger partial charge in [-0.3, -0.25) is 0 Å². The number of rotatable bonds is 6. The Hall–Kier alpha value is -0.480. The van der Waals surface area contributed by atoms with E-state index in [4.69, 9.17) is 0 Å². The van der Waals surface area contributed by atoms with Crippen molar-refractivity contribution in [1.82, 2.24) is 5.32 Å². The maximum absolute atomic E-state index is 14.1. The molecule has 0 aliphatic carbocycles. The summed E-state index contributed by atoms with van der Waals surface area (Å²) in [5, 5.41) is 3.23. The fourth-order valence-corrected chi connectivity index (χ4v) is 2.30. The molecule has 0 amide bonds. The van der Waals surface area contributed by atoms with E-state index in [2.05, 4.69) is 35.1 Å². The van der Waals surface area contributed by atoms with E-state index in [0.717, 1.165) is 13.0 Å². The topological polar surface area (TPSA) is 12.0 Å². The first-order valence-corrected chi connectivity index (χ1v) is 7.13. The minimum atomic E-state index is -0.496. The molecule has 1 unspecified atom stereocenters. The first-order valence-electron chi connectivity index (χ1n) is 6.34. The Bertz CT molecular complexity index is 394. The summed E-state index contributed by atoms with van der Waals surface area (Å²) in [7, 11) is 0. The van der Waals surface area contributed by atoms with Gasteiger partial charge in [-0.05, 0) is 53.4 Å². The third kappa shape index (κ3) is 4.02. The Morgan fingerprint density at radius 3 is 2.50 bits per heavy atom. The summed E-state index contributed by atoms with van der Waals surface area (Å²) >= 11 is 3.11. The number of benzene rings is 1. The molecule has 4 heteroatoms. The average Bonchev–Trinajstić information content (AvgIpc) is 2.30. The van der Waals surface area contributed by atoms with E-state index in [1.54, 1.807) is 0 Å². The van der Waals surface area contributed by atoms with Gasteiger partial charge in [-0.15, -0.1) is 0 Å². The van der Waals surface area contributed by atoms with Gasteiger partial charge in [0.05, 0.1) is 4.47 Å². The van der Waals surface area contributed by atoms with Crippen molar-refractivity contribution in [1.29, 1.82) is 0 Å². The molecule has 1 nitrogen and oxygen atoms in total. The quantitative estimate of drug-likeness (QED) is 0.742. The fraction of sp³-hybridized carbons (Fsp3) is 0.571. The second kappa shape index (κ2) is 7.19. The molecule has 0 heterocycles. The minimum absolute atomic E-state index is 0.145. The van der Waals surface area contributed by atoms with Gasteiger partial charge in [0, 0.05) is 11.6 Å². The Morgan fingerprint density at radius 2 is 1.94 bits per heavy atom. The van der Waals surface area contributed by atoms with Crippen LogP contribution in [0.15, 0.2) is 16.6 Å². The molecule has 0 fully saturated rings. The van der Waals surface area contributed by atoms with Crippen LogP contribution in [-0.2, 0) is 0 Å². The largest absolute Gasteiger partial charge is 0.310 e. The van der Waals surface area contributed by atoms with Crippen LogP contribution >= 0.6 is 15.9 Å². The van der Waals surface area contributed by atoms with Crippen LogP contribution in [0.25, 0.3) is 0 Å². The summed E-state index contributed by atoms with van der Waals surface area (Å²) in [4.78, 5) is 0. The minimum Gasteiger partial charge on any atom is -0.310 e. The van der Waals surface area contributed by atoms with Crippen LogP contribution in [0.3, 0.4) is 0 Å². The third-order valence-corrected chi connectivity index (χ3v) is 3.39. The van der Waals surface area contributed by atoms with Gasteiger partial charge in [-0.25, -0.2) is 8.78 Å². The molecule has 102 valence electrons. The molecule has 1 atom stereocenters. The van der Waals surface area contributed by atoms with Crippen LogP contribution < -0.4 is 5.32 Å². The zero-order valence-electron chi connectivity index (χ0n) is 11.1. The van der Waals surface area contributed by atoms with Gasteiger partial charge in [0.25, 0.3) is 0 Å². The molecule has 0 saturated heterocycles. The van der Waals surface area contributed by atoms with Crippen molar-refractivity contribution in [3.63, 3.8) is 0 Å². The first kappa shape index (κ1) is 15.6. The van der Waals surface area contributed by atoms with Crippen LogP contribution in [0.1, 0.15) is 45.2 Å². The van der Waals surface area contributed by atoms with Crippen molar-refractivity contribution in [2.45, 2.75) is 39.7 Å². The summed E-state index contributed by atoms with van der Waals surface area (Å²) in [6, 6.07) is 2.44. The summed E-state index contributed by atoms with van der Waals surface area (Å²) in [5.74, 6) is -0.605. The van der Waals surface area contributed by atoms with Crippen molar-refractivity contribution in [2.75, 3.05) is 6.54 Å². The van der Waals surface area contributed by atoms with Crippen molar-refractivity contribution < 1.29 is 8.78 Å². The summed E-state index contributed by atoms with van der Waals surface area (Å²) in [6.07, 6.45) is 1.65. The molecule has 0 aliphatic rings. The summed E-state index contributed by atoms with van der Waals surface area (Å²) in [6.45, 7) is 6.89. The highest BCUT2D eigenvalue weighted by Gasteiger charge is 2.22. The van der Waals surface area contributed by atoms with E-state index in [1.807, 2.05) is 6.92 Å². The van der Waals surface area contributed by atoms with Gasteiger partial charge in [0.1, 0.15) is 11.6 Å². The predicted molar refractivity (Wildman–Crippen MR) is 74.5 cm³/mol. The van der Waals surface area contributed by atoms with Gasteiger partial charge in [0.15, 0.2) is 0 Å². The third-order valence-electron chi connectivity index (χ3n) is 2.78. The van der Waals surface area contributed by atoms with Crippen LogP contribution in [0.4, 0.5) is 8.78 Å². The van der Waals surface area contributed by atoms with Crippen LogP contribution in [-0.4, -0.2) is 6.54 Å². The number of nitrogens with one attached hydrogen (secondary N) is 1. The molecule has 1 aromatic carbocycles. The molecule has 0 saturated carbocycles. The zero-order chi connectivity index (χ0) is 13.7. The van der Waals surface area contributed by atoms with Crippen LogP contribution in [0.5, 0.6) is 0 Å². The lowest BCUT2D eigenvalue weighted by Gasteiger charge is -2.22. The van der Waals surface area contributed by atoms with Gasteiger partial charge < -0.3 is 5.32 Å². The fourth-order valence-electron chi connectivity index (χ4n) is 1.96. The van der Waals surface area contributed by atoms with Gasteiger partial charge in [-0.2, -0.15) is 0 Å². The van der Waals surface area contributed by atoms with Crippen molar-refractivity contribution in [3.8, 4) is 0 Å². The lowest BCUT2D eigenvalue weighted by atomic mass is 9.96. The first-order chi connectivity index (χ1) is 8.47. The van der Waals surface area contributed by atoms with Crippen molar-refractivity contribution in [3.05, 3.63) is 33.8 Å². The molecular weight excluding hydrogens is 300 g/mol. The number of hydrogen-bond acceptors (Lipinski definition) is 1. The zero-order valence-corrected chi connectivity index (χ0v) is 12.7. The van der Waals surface area contributed by atoms with E-state index >= 15 is 0 Å². The Balaban J connectivity index is 3.07. The molecule has 0 radical (unpaired) electrons. The smallest absolute Gasteiger partial charge is 0.145 e. The van der Waals surface area contributed by atoms with Crippen LogP contribution in [0.2, 0.25) is 0 Å². The lowest BCUT2D eigenvalue weighted by Crippen LogP contribution is -2.25. The number of halogens is 3. The maximum atomic E-state index is 14.1. The van der Waals surface area contributed by atoms with Crippen molar-refractivity contribution >= 4 is 15.9 Å². The monoisotopic (exact) mass is 319 g/mol. The molecule has 0 aliphatic heterocycles. The van der Waals surface area contributed by atoms with E-state index in [9.17, 15) is 8.78 Å². The molecule has 1 aromatic rings. The van der Waals surface area contributed by atoms with Crippen molar-refractivity contribution in [2.24, 2.45) is 5.92 Å². The summed E-state index contributed by atoms with van der Waals surface area (Å²) < 4.78 is 28.2. The highest BCUT2D eigenvalue weighted by molar-refractivity contribution is 9.10. The molecule has 1 N–H and O–H groups in total. The van der Waals surface area contributed by atoms with Gasteiger partial charge in [-0.1, -0.05) is 20.8 Å². The van der Waals surface area contributed by atoms with E-state index < -0.39 is 11.6 Å². The molecule has 1 rings (SSSR count). The maximum Gasteiger partial charge on any atom is 0.145 e.